The second-order valence-corrected chi connectivity index (χ2v) is 7.08. The molecule has 3 heterocycles. The first-order valence-corrected chi connectivity index (χ1v) is 9.39. The number of aryl methyl sites for hydroxylation is 2. The number of rotatable bonds is 7. The molecule has 0 fully saturated rings. The van der Waals surface area contributed by atoms with Crippen LogP contribution in [0.3, 0.4) is 0 Å². The Kier molecular flexibility index (Phi) is 5.61. The highest BCUT2D eigenvalue weighted by Crippen LogP contribution is 2.20. The second kappa shape index (κ2) is 8.08. The fourth-order valence-electron chi connectivity index (χ4n) is 1.96. The molecule has 10 heteroatoms. The smallest absolute Gasteiger partial charge is 0.270 e. The van der Waals surface area contributed by atoms with Gasteiger partial charge in [0.2, 0.25) is 0 Å². The van der Waals surface area contributed by atoms with Gasteiger partial charge in [0, 0.05) is 30.4 Å². The minimum Gasteiger partial charge on any atom is -0.350 e. The summed E-state index contributed by atoms with van der Waals surface area (Å²) in [6.45, 7) is 2.45. The number of thioether (sulfide) groups is 1. The van der Waals surface area contributed by atoms with Gasteiger partial charge in [-0.1, -0.05) is 17.8 Å². The van der Waals surface area contributed by atoms with E-state index in [4.69, 9.17) is 0 Å². The third kappa shape index (κ3) is 4.77. The van der Waals surface area contributed by atoms with Crippen LogP contribution in [0.25, 0.3) is 0 Å². The van der Waals surface area contributed by atoms with Gasteiger partial charge in [0.25, 0.3) is 5.91 Å². The van der Waals surface area contributed by atoms with Gasteiger partial charge in [-0.05, 0) is 19.1 Å². The number of thiazole rings is 1. The Balaban J connectivity index is 1.48. The van der Waals surface area contributed by atoms with Crippen molar-refractivity contribution < 1.29 is 4.79 Å². The molecule has 0 saturated carbocycles. The van der Waals surface area contributed by atoms with Crippen LogP contribution in [0.1, 0.15) is 16.2 Å². The molecule has 0 saturated heterocycles. The van der Waals surface area contributed by atoms with E-state index in [-0.39, 0.29) is 5.91 Å². The highest BCUT2D eigenvalue weighted by atomic mass is 32.2. The average Bonchev–Trinajstić information content (AvgIpc) is 3.21. The van der Waals surface area contributed by atoms with Crippen molar-refractivity contribution in [1.82, 2.24) is 30.0 Å². The number of anilines is 2. The molecule has 0 radical (unpaired) electrons. The number of carbonyl (C=O) groups is 1. The summed E-state index contributed by atoms with van der Waals surface area (Å²) in [4.78, 5) is 20.8. The topological polar surface area (TPSA) is 97.6 Å². The monoisotopic (exact) mass is 375 g/mol. The van der Waals surface area contributed by atoms with Crippen LogP contribution in [0.4, 0.5) is 10.9 Å². The summed E-state index contributed by atoms with van der Waals surface area (Å²) in [5.74, 6) is 1.22. The average molecular weight is 375 g/mol. The number of nitrogens with one attached hydrogen (secondary N) is 2. The van der Waals surface area contributed by atoms with Gasteiger partial charge in [0.1, 0.15) is 17.8 Å². The van der Waals surface area contributed by atoms with Crippen molar-refractivity contribution in [2.24, 2.45) is 7.05 Å². The highest BCUT2D eigenvalue weighted by molar-refractivity contribution is 7.99. The van der Waals surface area contributed by atoms with Crippen molar-refractivity contribution in [3.63, 3.8) is 0 Å². The van der Waals surface area contributed by atoms with Gasteiger partial charge < -0.3 is 15.2 Å². The Labute approximate surface area is 153 Å². The van der Waals surface area contributed by atoms with Crippen molar-refractivity contribution >= 4 is 40.0 Å². The lowest BCUT2D eigenvalue weighted by Gasteiger charge is -2.03. The number of carbonyl (C=O) groups excluding carboxylic acids is 1. The van der Waals surface area contributed by atoms with Gasteiger partial charge in [0.15, 0.2) is 10.3 Å². The lowest BCUT2D eigenvalue weighted by molar-refractivity contribution is 0.0952. The number of aromatic nitrogens is 5. The maximum absolute atomic E-state index is 12.1. The molecule has 0 atom stereocenters. The van der Waals surface area contributed by atoms with E-state index in [2.05, 4.69) is 30.8 Å². The molecular formula is C15H17N7OS2. The van der Waals surface area contributed by atoms with Gasteiger partial charge >= 0.3 is 0 Å². The van der Waals surface area contributed by atoms with E-state index in [1.165, 1.54) is 23.1 Å². The summed E-state index contributed by atoms with van der Waals surface area (Å²) >= 11 is 2.90. The predicted octanol–water partition coefficient (Wildman–Crippen LogP) is 2.24. The fraction of sp³-hybridized carbons (Fsp3) is 0.267. The zero-order valence-corrected chi connectivity index (χ0v) is 15.4. The fourth-order valence-corrected chi connectivity index (χ4v) is 3.40. The molecule has 0 aromatic carbocycles. The van der Waals surface area contributed by atoms with E-state index in [1.807, 2.05) is 36.7 Å². The summed E-state index contributed by atoms with van der Waals surface area (Å²) in [7, 11) is 1.88. The van der Waals surface area contributed by atoms with Crippen molar-refractivity contribution in [2.75, 3.05) is 17.6 Å². The number of hydrogen-bond donors (Lipinski definition) is 2. The van der Waals surface area contributed by atoms with Crippen LogP contribution < -0.4 is 10.6 Å². The van der Waals surface area contributed by atoms with Crippen LogP contribution in [0.2, 0.25) is 0 Å². The zero-order chi connectivity index (χ0) is 17.6. The van der Waals surface area contributed by atoms with E-state index >= 15 is 0 Å². The minimum atomic E-state index is -0.194. The Bertz CT molecular complexity index is 861. The number of hydrogen-bond acceptors (Lipinski definition) is 8. The van der Waals surface area contributed by atoms with Crippen LogP contribution in [0.5, 0.6) is 0 Å². The largest absolute Gasteiger partial charge is 0.350 e. The molecule has 0 bridgehead atoms. The molecule has 1 amide bonds. The van der Waals surface area contributed by atoms with E-state index in [9.17, 15) is 4.79 Å². The van der Waals surface area contributed by atoms with Crippen LogP contribution in [-0.4, -0.2) is 42.9 Å². The summed E-state index contributed by atoms with van der Waals surface area (Å²) in [5, 5.41) is 16.9. The zero-order valence-electron chi connectivity index (χ0n) is 13.8. The molecule has 0 aliphatic heterocycles. The quantitative estimate of drug-likeness (QED) is 0.483. The van der Waals surface area contributed by atoms with E-state index < -0.39 is 0 Å². The summed E-state index contributed by atoms with van der Waals surface area (Å²) in [5.41, 5.74) is 1.31. The number of amides is 1. The summed E-state index contributed by atoms with van der Waals surface area (Å²) in [6.07, 6.45) is 1.65. The summed E-state index contributed by atoms with van der Waals surface area (Å²) in [6, 6.07) is 5.70. The molecule has 25 heavy (non-hydrogen) atoms. The van der Waals surface area contributed by atoms with Crippen LogP contribution in [-0.2, 0) is 7.05 Å². The summed E-state index contributed by atoms with van der Waals surface area (Å²) < 4.78 is 1.84. The Hall–Kier alpha value is -2.46. The first-order valence-electron chi connectivity index (χ1n) is 7.53. The van der Waals surface area contributed by atoms with Gasteiger partial charge in [-0.3, -0.25) is 4.79 Å². The number of nitrogens with zero attached hydrogens (tertiary/aromatic N) is 5. The molecule has 0 spiro atoms. The molecule has 0 aliphatic carbocycles. The molecule has 3 rings (SSSR count). The Morgan fingerprint density at radius 1 is 1.36 bits per heavy atom. The predicted molar refractivity (Wildman–Crippen MR) is 98.4 cm³/mol. The third-order valence-electron chi connectivity index (χ3n) is 3.15. The van der Waals surface area contributed by atoms with Crippen LogP contribution in [0.15, 0.2) is 35.1 Å². The van der Waals surface area contributed by atoms with E-state index in [0.29, 0.717) is 28.9 Å². The van der Waals surface area contributed by atoms with E-state index in [1.54, 1.807) is 11.7 Å². The standard InChI is InChI=1S/C15H17N7OS2/c1-10-4-3-5-12(18-10)20-14-19-11(8-25-14)13(23)16-6-7-24-15-21-17-9-22(15)2/h3-5,8-9H,6-7H2,1-2H3,(H,16,23)(H,18,19,20). The first-order chi connectivity index (χ1) is 12.1. The highest BCUT2D eigenvalue weighted by Gasteiger charge is 2.11. The second-order valence-electron chi connectivity index (χ2n) is 5.16. The molecule has 8 nitrogen and oxygen atoms in total. The number of pyridine rings is 1. The SMILES string of the molecule is Cc1cccc(Nc2nc(C(=O)NCCSc3nncn3C)cs2)n1. The molecule has 0 unspecified atom stereocenters. The van der Waals surface area contributed by atoms with Gasteiger partial charge in [-0.15, -0.1) is 21.5 Å². The maximum atomic E-state index is 12.1. The Morgan fingerprint density at radius 2 is 2.24 bits per heavy atom. The van der Waals surface area contributed by atoms with E-state index in [0.717, 1.165) is 10.9 Å². The normalized spacial score (nSPS) is 10.6. The first kappa shape index (κ1) is 17.4. The maximum Gasteiger partial charge on any atom is 0.270 e. The lowest BCUT2D eigenvalue weighted by Crippen LogP contribution is -2.26. The van der Waals surface area contributed by atoms with Gasteiger partial charge in [0.05, 0.1) is 0 Å². The molecule has 3 aromatic rings. The van der Waals surface area contributed by atoms with Crippen molar-refractivity contribution in [3.8, 4) is 0 Å². The van der Waals surface area contributed by atoms with Gasteiger partial charge in [-0.2, -0.15) is 0 Å². The molecule has 0 aliphatic rings. The van der Waals surface area contributed by atoms with Crippen LogP contribution >= 0.6 is 23.1 Å². The Morgan fingerprint density at radius 3 is 3.00 bits per heavy atom. The van der Waals surface area contributed by atoms with Crippen molar-refractivity contribution in [3.05, 3.63) is 41.3 Å². The molecule has 3 aromatic heterocycles. The molecular weight excluding hydrogens is 358 g/mol. The third-order valence-corrected chi connectivity index (χ3v) is 4.94. The molecule has 130 valence electrons. The lowest BCUT2D eigenvalue weighted by atomic mass is 10.4. The van der Waals surface area contributed by atoms with Crippen molar-refractivity contribution in [2.45, 2.75) is 12.1 Å². The minimum absolute atomic E-state index is 0.194. The van der Waals surface area contributed by atoms with Crippen LogP contribution in [0, 0.1) is 6.92 Å². The van der Waals surface area contributed by atoms with Gasteiger partial charge in [-0.25, -0.2) is 9.97 Å². The molecule has 2 N–H and O–H groups in total. The van der Waals surface area contributed by atoms with Crippen molar-refractivity contribution in [1.29, 1.82) is 0 Å².